The largest absolute Gasteiger partial charge is 0.489 e. The molecule has 0 aliphatic rings. The van der Waals surface area contributed by atoms with E-state index in [2.05, 4.69) is 18.3 Å². The van der Waals surface area contributed by atoms with Gasteiger partial charge < -0.3 is 10.1 Å². The third-order valence-electron chi connectivity index (χ3n) is 2.74. The lowest BCUT2D eigenvalue weighted by Gasteiger charge is -2.15. The molecule has 17 heavy (non-hydrogen) atoms. The van der Waals surface area contributed by atoms with Crippen LogP contribution >= 0.6 is 11.6 Å². The van der Waals surface area contributed by atoms with E-state index < -0.39 is 0 Å². The minimum Gasteiger partial charge on any atom is -0.489 e. The maximum Gasteiger partial charge on any atom is 0.138 e. The third-order valence-corrected chi connectivity index (χ3v) is 3.04. The zero-order chi connectivity index (χ0) is 12.8. The first kappa shape index (κ1) is 14.3. The number of nitrogens with one attached hydrogen (secondary N) is 1. The second kappa shape index (κ2) is 6.87. The van der Waals surface area contributed by atoms with E-state index >= 15 is 0 Å². The molecule has 1 rings (SSSR count). The monoisotopic (exact) mass is 255 g/mol. The van der Waals surface area contributed by atoms with Crippen LogP contribution in [0.15, 0.2) is 18.2 Å². The van der Waals surface area contributed by atoms with Crippen molar-refractivity contribution in [2.24, 2.45) is 0 Å². The molecule has 1 aromatic rings. The molecule has 0 heterocycles. The fraction of sp³-hybridized carbons (Fsp3) is 0.571. The van der Waals surface area contributed by atoms with Crippen molar-refractivity contribution in [3.05, 3.63) is 28.8 Å². The summed E-state index contributed by atoms with van der Waals surface area (Å²) >= 11 is 6.20. The summed E-state index contributed by atoms with van der Waals surface area (Å²) in [6.07, 6.45) is 2.26. The average Bonchev–Trinajstić information content (AvgIpc) is 2.29. The summed E-state index contributed by atoms with van der Waals surface area (Å²) < 4.78 is 5.61. The Morgan fingerprint density at radius 3 is 2.53 bits per heavy atom. The zero-order valence-electron chi connectivity index (χ0n) is 11.1. The van der Waals surface area contributed by atoms with E-state index in [0.29, 0.717) is 11.1 Å². The molecule has 0 spiro atoms. The van der Waals surface area contributed by atoms with Crippen molar-refractivity contribution in [2.75, 3.05) is 7.05 Å². The van der Waals surface area contributed by atoms with Crippen LogP contribution < -0.4 is 10.1 Å². The molecule has 1 aromatic carbocycles. The predicted octanol–water partition coefficient (Wildman–Crippen LogP) is 3.67. The number of ether oxygens (including phenoxy) is 1. The number of rotatable bonds is 6. The highest BCUT2D eigenvalue weighted by Crippen LogP contribution is 2.27. The van der Waals surface area contributed by atoms with E-state index in [4.69, 9.17) is 16.3 Å². The highest BCUT2D eigenvalue weighted by Gasteiger charge is 2.08. The molecule has 0 aromatic heterocycles. The fourth-order valence-electron chi connectivity index (χ4n) is 1.76. The summed E-state index contributed by atoms with van der Waals surface area (Å²) in [6.45, 7) is 6.18. The van der Waals surface area contributed by atoms with Gasteiger partial charge in [0, 0.05) is 6.04 Å². The van der Waals surface area contributed by atoms with Gasteiger partial charge >= 0.3 is 0 Å². The van der Waals surface area contributed by atoms with Gasteiger partial charge in [-0.1, -0.05) is 24.6 Å². The van der Waals surface area contributed by atoms with Crippen LogP contribution in [0.5, 0.6) is 5.75 Å². The van der Waals surface area contributed by atoms with Crippen molar-refractivity contribution < 1.29 is 4.74 Å². The summed E-state index contributed by atoms with van der Waals surface area (Å²) in [7, 11) is 1.99. The van der Waals surface area contributed by atoms with E-state index in [-0.39, 0.29) is 6.10 Å². The van der Waals surface area contributed by atoms with Crippen molar-refractivity contribution in [1.29, 1.82) is 0 Å². The Morgan fingerprint density at radius 1 is 1.35 bits per heavy atom. The average molecular weight is 256 g/mol. The van der Waals surface area contributed by atoms with Crippen molar-refractivity contribution in [1.82, 2.24) is 5.32 Å². The van der Waals surface area contributed by atoms with Crippen LogP contribution in [0, 0.1) is 0 Å². The summed E-state index contributed by atoms with van der Waals surface area (Å²) in [5, 5.41) is 3.99. The Labute approximate surface area is 109 Å². The molecule has 0 bridgehead atoms. The van der Waals surface area contributed by atoms with E-state index in [1.807, 2.05) is 33.0 Å². The molecule has 0 saturated heterocycles. The zero-order valence-corrected chi connectivity index (χ0v) is 11.8. The summed E-state index contributed by atoms with van der Waals surface area (Å²) in [5.74, 6) is 0.767. The van der Waals surface area contributed by atoms with Crippen molar-refractivity contribution >= 4 is 11.6 Å². The fourth-order valence-corrected chi connectivity index (χ4v) is 2.00. The Kier molecular flexibility index (Phi) is 5.79. The molecule has 0 amide bonds. The van der Waals surface area contributed by atoms with Gasteiger partial charge in [0.1, 0.15) is 5.75 Å². The summed E-state index contributed by atoms with van der Waals surface area (Å²) in [4.78, 5) is 0. The van der Waals surface area contributed by atoms with Crippen molar-refractivity contribution in [2.45, 2.75) is 45.8 Å². The number of hydrogen-bond donors (Lipinski definition) is 1. The number of likely N-dealkylation sites (N-methyl/N-ethyl adjacent to an activating group) is 1. The molecule has 0 fully saturated rings. The van der Waals surface area contributed by atoms with Gasteiger partial charge in [0.05, 0.1) is 11.1 Å². The maximum absolute atomic E-state index is 6.20. The van der Waals surface area contributed by atoms with Crippen molar-refractivity contribution in [3.63, 3.8) is 0 Å². The lowest BCUT2D eigenvalue weighted by atomic mass is 10.0. The predicted molar refractivity (Wildman–Crippen MR) is 74.1 cm³/mol. The Hall–Kier alpha value is -0.730. The molecule has 96 valence electrons. The van der Waals surface area contributed by atoms with E-state index in [9.17, 15) is 0 Å². The molecule has 0 aliphatic carbocycles. The van der Waals surface area contributed by atoms with Crippen LogP contribution in [0.2, 0.25) is 5.02 Å². The molecule has 1 unspecified atom stereocenters. The molecular formula is C14H22ClNO. The van der Waals surface area contributed by atoms with Crippen LogP contribution in [0.25, 0.3) is 0 Å². The molecule has 1 atom stereocenters. The number of halogens is 1. The Morgan fingerprint density at radius 2 is 2.06 bits per heavy atom. The minimum atomic E-state index is 0.152. The van der Waals surface area contributed by atoms with Crippen LogP contribution in [0.1, 0.15) is 32.8 Å². The lowest BCUT2D eigenvalue weighted by Crippen LogP contribution is -2.26. The summed E-state index contributed by atoms with van der Waals surface area (Å²) in [5.41, 5.74) is 1.24. The first-order valence-electron chi connectivity index (χ1n) is 6.19. The van der Waals surface area contributed by atoms with Gasteiger partial charge in [0.25, 0.3) is 0 Å². The first-order valence-corrected chi connectivity index (χ1v) is 6.57. The van der Waals surface area contributed by atoms with Gasteiger partial charge in [0.15, 0.2) is 0 Å². The number of benzene rings is 1. The molecule has 1 N–H and O–H groups in total. The minimum absolute atomic E-state index is 0.152. The second-order valence-electron chi connectivity index (χ2n) is 4.53. The SMILES string of the molecule is CCC(Cc1ccc(OC(C)C)c(Cl)c1)NC. The van der Waals surface area contributed by atoms with Crippen LogP contribution in [0.4, 0.5) is 0 Å². The smallest absolute Gasteiger partial charge is 0.138 e. The highest BCUT2D eigenvalue weighted by molar-refractivity contribution is 6.32. The topological polar surface area (TPSA) is 21.3 Å². The third kappa shape index (κ3) is 4.57. The Balaban J connectivity index is 2.74. The Bertz CT molecular complexity index is 348. The first-order chi connectivity index (χ1) is 8.06. The van der Waals surface area contributed by atoms with Gasteiger partial charge in [0.2, 0.25) is 0 Å². The normalized spacial score (nSPS) is 12.8. The second-order valence-corrected chi connectivity index (χ2v) is 4.94. The van der Waals surface area contributed by atoms with Gasteiger partial charge in [-0.15, -0.1) is 0 Å². The van der Waals surface area contributed by atoms with Crippen LogP contribution in [-0.2, 0) is 6.42 Å². The van der Waals surface area contributed by atoms with Gasteiger partial charge in [-0.25, -0.2) is 0 Å². The van der Waals surface area contributed by atoms with E-state index in [0.717, 1.165) is 18.6 Å². The van der Waals surface area contributed by atoms with Crippen LogP contribution in [-0.4, -0.2) is 19.2 Å². The quantitative estimate of drug-likeness (QED) is 0.838. The standard InChI is InChI=1S/C14H22ClNO/c1-5-12(16-4)8-11-6-7-14(13(15)9-11)17-10(2)3/h6-7,9-10,12,16H,5,8H2,1-4H3. The highest BCUT2D eigenvalue weighted by atomic mass is 35.5. The molecule has 3 heteroatoms. The van der Waals surface area contributed by atoms with E-state index in [1.165, 1.54) is 5.56 Å². The van der Waals surface area contributed by atoms with Gasteiger partial charge in [-0.2, -0.15) is 0 Å². The lowest BCUT2D eigenvalue weighted by molar-refractivity contribution is 0.242. The molecule has 2 nitrogen and oxygen atoms in total. The van der Waals surface area contributed by atoms with Crippen molar-refractivity contribution in [3.8, 4) is 5.75 Å². The maximum atomic E-state index is 6.20. The van der Waals surface area contributed by atoms with E-state index in [1.54, 1.807) is 0 Å². The molecule has 0 saturated carbocycles. The van der Waals surface area contributed by atoms with Gasteiger partial charge in [-0.3, -0.25) is 0 Å². The number of hydrogen-bond acceptors (Lipinski definition) is 2. The summed E-state index contributed by atoms with van der Waals surface area (Å²) in [6, 6.07) is 6.55. The molecular weight excluding hydrogens is 234 g/mol. The van der Waals surface area contributed by atoms with Crippen LogP contribution in [0.3, 0.4) is 0 Å². The van der Waals surface area contributed by atoms with Gasteiger partial charge in [-0.05, 0) is 51.4 Å². The molecule has 0 radical (unpaired) electrons. The molecule has 0 aliphatic heterocycles.